The number of nitrogens with two attached hydrogens (primary N) is 1. The SMILES string of the molecule is N[C@@H]1CCN(CCc2cn3c(C(=O)O)cccc3n2)C1. The lowest BCUT2D eigenvalue weighted by molar-refractivity contribution is 0.0689. The van der Waals surface area contributed by atoms with Crippen LogP contribution in [-0.4, -0.2) is 51.0 Å². The van der Waals surface area contributed by atoms with Crippen molar-refractivity contribution in [1.82, 2.24) is 14.3 Å². The van der Waals surface area contributed by atoms with Gasteiger partial charge in [0.2, 0.25) is 0 Å². The Kier molecular flexibility index (Phi) is 3.42. The Hall–Kier alpha value is -1.92. The second-order valence-electron chi connectivity index (χ2n) is 5.28. The van der Waals surface area contributed by atoms with Crippen molar-refractivity contribution in [2.24, 2.45) is 5.73 Å². The highest BCUT2D eigenvalue weighted by Gasteiger charge is 2.19. The van der Waals surface area contributed by atoms with Gasteiger partial charge in [-0.15, -0.1) is 0 Å². The monoisotopic (exact) mass is 274 g/mol. The molecule has 0 bridgehead atoms. The molecule has 0 unspecified atom stereocenters. The van der Waals surface area contributed by atoms with Crippen molar-refractivity contribution >= 4 is 11.6 Å². The van der Waals surface area contributed by atoms with E-state index in [9.17, 15) is 4.79 Å². The summed E-state index contributed by atoms with van der Waals surface area (Å²) in [5.41, 5.74) is 7.72. The third-order valence-corrected chi connectivity index (χ3v) is 3.75. The van der Waals surface area contributed by atoms with E-state index in [0.29, 0.717) is 5.65 Å². The number of aromatic nitrogens is 2. The lowest BCUT2D eigenvalue weighted by atomic mass is 10.3. The summed E-state index contributed by atoms with van der Waals surface area (Å²) in [5, 5.41) is 9.15. The topological polar surface area (TPSA) is 83.9 Å². The van der Waals surface area contributed by atoms with Crippen LogP contribution in [0, 0.1) is 0 Å². The molecular weight excluding hydrogens is 256 g/mol. The molecule has 20 heavy (non-hydrogen) atoms. The number of fused-ring (bicyclic) bond motifs is 1. The molecular formula is C14H18N4O2. The van der Waals surface area contributed by atoms with Crippen LogP contribution in [0.3, 0.4) is 0 Å². The summed E-state index contributed by atoms with van der Waals surface area (Å²) < 4.78 is 1.63. The fourth-order valence-corrected chi connectivity index (χ4v) is 2.69. The second kappa shape index (κ2) is 5.22. The quantitative estimate of drug-likeness (QED) is 0.853. The Balaban J connectivity index is 1.76. The Labute approximate surface area is 116 Å². The number of carbonyl (C=O) groups is 1. The number of nitrogens with zero attached hydrogens (tertiary/aromatic N) is 3. The minimum atomic E-state index is -0.940. The van der Waals surface area contributed by atoms with Crippen molar-refractivity contribution in [2.75, 3.05) is 19.6 Å². The van der Waals surface area contributed by atoms with Gasteiger partial charge in [-0.25, -0.2) is 9.78 Å². The van der Waals surface area contributed by atoms with Gasteiger partial charge in [0.1, 0.15) is 11.3 Å². The van der Waals surface area contributed by atoms with Crippen LogP contribution < -0.4 is 5.73 Å². The summed E-state index contributed by atoms with van der Waals surface area (Å²) in [5.74, 6) is -0.940. The zero-order valence-corrected chi connectivity index (χ0v) is 11.2. The van der Waals surface area contributed by atoms with Gasteiger partial charge in [-0.1, -0.05) is 6.07 Å². The fourth-order valence-electron chi connectivity index (χ4n) is 2.69. The lowest BCUT2D eigenvalue weighted by Gasteiger charge is -2.13. The molecule has 2 aromatic rings. The lowest BCUT2D eigenvalue weighted by Crippen LogP contribution is -2.28. The van der Waals surface area contributed by atoms with Gasteiger partial charge >= 0.3 is 5.97 Å². The average Bonchev–Trinajstić information content (AvgIpc) is 3.01. The van der Waals surface area contributed by atoms with Crippen LogP contribution >= 0.6 is 0 Å². The Morgan fingerprint density at radius 2 is 2.35 bits per heavy atom. The van der Waals surface area contributed by atoms with Gasteiger partial charge in [-0.2, -0.15) is 0 Å². The summed E-state index contributed by atoms with van der Waals surface area (Å²) in [6.45, 7) is 2.89. The molecule has 3 rings (SSSR count). The predicted molar refractivity (Wildman–Crippen MR) is 74.9 cm³/mol. The van der Waals surface area contributed by atoms with E-state index in [1.165, 1.54) is 0 Å². The maximum absolute atomic E-state index is 11.2. The van der Waals surface area contributed by atoms with E-state index in [4.69, 9.17) is 10.8 Å². The second-order valence-corrected chi connectivity index (χ2v) is 5.28. The maximum atomic E-state index is 11.2. The molecule has 3 heterocycles. The third kappa shape index (κ3) is 2.52. The number of aromatic carboxylic acids is 1. The van der Waals surface area contributed by atoms with Crippen LogP contribution in [0.2, 0.25) is 0 Å². The van der Waals surface area contributed by atoms with E-state index in [0.717, 1.165) is 38.2 Å². The molecule has 0 aliphatic carbocycles. The number of carboxylic acid groups (broad SMARTS) is 1. The number of likely N-dealkylation sites (tertiary alicyclic amines) is 1. The van der Waals surface area contributed by atoms with E-state index in [1.807, 2.05) is 12.3 Å². The van der Waals surface area contributed by atoms with Gasteiger partial charge in [0.05, 0.1) is 5.69 Å². The van der Waals surface area contributed by atoms with Crippen LogP contribution in [-0.2, 0) is 6.42 Å². The summed E-state index contributed by atoms with van der Waals surface area (Å²) in [4.78, 5) is 18.0. The molecule has 1 aliphatic rings. The van der Waals surface area contributed by atoms with Crippen molar-refractivity contribution in [1.29, 1.82) is 0 Å². The predicted octanol–water partition coefficient (Wildman–Crippen LogP) is 0.608. The zero-order valence-electron chi connectivity index (χ0n) is 11.2. The van der Waals surface area contributed by atoms with E-state index in [2.05, 4.69) is 9.88 Å². The molecule has 0 amide bonds. The fraction of sp³-hybridized carbons (Fsp3) is 0.429. The van der Waals surface area contributed by atoms with E-state index in [1.54, 1.807) is 16.5 Å². The molecule has 6 heteroatoms. The molecule has 1 atom stereocenters. The van der Waals surface area contributed by atoms with Crippen molar-refractivity contribution in [3.8, 4) is 0 Å². The van der Waals surface area contributed by atoms with Crippen molar-refractivity contribution < 1.29 is 9.90 Å². The Morgan fingerprint density at radius 3 is 3.05 bits per heavy atom. The molecule has 0 saturated carbocycles. The minimum Gasteiger partial charge on any atom is -0.477 e. The first kappa shape index (κ1) is 13.1. The highest BCUT2D eigenvalue weighted by atomic mass is 16.4. The Morgan fingerprint density at radius 1 is 1.50 bits per heavy atom. The highest BCUT2D eigenvalue weighted by Crippen LogP contribution is 2.12. The molecule has 0 radical (unpaired) electrons. The van der Waals surface area contributed by atoms with Crippen molar-refractivity contribution in [2.45, 2.75) is 18.9 Å². The third-order valence-electron chi connectivity index (χ3n) is 3.75. The van der Waals surface area contributed by atoms with E-state index >= 15 is 0 Å². The maximum Gasteiger partial charge on any atom is 0.352 e. The number of rotatable bonds is 4. The first-order valence-electron chi connectivity index (χ1n) is 6.82. The van der Waals surface area contributed by atoms with Crippen LogP contribution in [0.4, 0.5) is 0 Å². The molecule has 2 aromatic heterocycles. The Bertz CT molecular complexity index is 637. The largest absolute Gasteiger partial charge is 0.477 e. The normalized spacial score (nSPS) is 19.8. The van der Waals surface area contributed by atoms with Gasteiger partial charge in [0, 0.05) is 31.7 Å². The smallest absolute Gasteiger partial charge is 0.352 e. The van der Waals surface area contributed by atoms with Crippen molar-refractivity contribution in [3.63, 3.8) is 0 Å². The van der Waals surface area contributed by atoms with Crippen LogP contribution in [0.5, 0.6) is 0 Å². The number of hydrogen-bond acceptors (Lipinski definition) is 4. The highest BCUT2D eigenvalue weighted by molar-refractivity contribution is 5.86. The number of carboxylic acids is 1. The molecule has 0 aromatic carbocycles. The molecule has 3 N–H and O–H groups in total. The first-order chi connectivity index (χ1) is 9.63. The summed E-state index contributed by atoms with van der Waals surface area (Å²) in [7, 11) is 0. The van der Waals surface area contributed by atoms with Crippen molar-refractivity contribution in [3.05, 3.63) is 35.8 Å². The number of hydrogen-bond donors (Lipinski definition) is 2. The molecule has 1 aliphatic heterocycles. The molecule has 1 fully saturated rings. The standard InChI is InChI=1S/C14H18N4O2/c15-10-4-6-17(8-10)7-5-11-9-18-12(14(19)20)2-1-3-13(18)16-11/h1-3,9-10H,4-8,15H2,(H,19,20)/t10-/m1/s1. The van der Waals surface area contributed by atoms with E-state index in [-0.39, 0.29) is 11.7 Å². The van der Waals surface area contributed by atoms with Crippen LogP contribution in [0.1, 0.15) is 22.6 Å². The molecule has 6 nitrogen and oxygen atoms in total. The summed E-state index contributed by atoms with van der Waals surface area (Å²) in [6, 6.07) is 5.41. The van der Waals surface area contributed by atoms with Crippen LogP contribution in [0.25, 0.3) is 5.65 Å². The van der Waals surface area contributed by atoms with Gasteiger partial charge in [0.25, 0.3) is 0 Å². The molecule has 1 saturated heterocycles. The first-order valence-corrected chi connectivity index (χ1v) is 6.82. The summed E-state index contributed by atoms with van der Waals surface area (Å²) in [6.07, 6.45) is 3.68. The minimum absolute atomic E-state index is 0.240. The molecule has 106 valence electrons. The number of imidazole rings is 1. The van der Waals surface area contributed by atoms with Gasteiger partial charge in [-0.3, -0.25) is 4.40 Å². The molecule has 0 spiro atoms. The number of pyridine rings is 1. The van der Waals surface area contributed by atoms with Gasteiger partial charge in [0.15, 0.2) is 0 Å². The average molecular weight is 274 g/mol. The summed E-state index contributed by atoms with van der Waals surface area (Å²) >= 11 is 0. The van der Waals surface area contributed by atoms with Gasteiger partial charge in [-0.05, 0) is 25.1 Å². The zero-order chi connectivity index (χ0) is 14.1. The van der Waals surface area contributed by atoms with E-state index < -0.39 is 5.97 Å². The van der Waals surface area contributed by atoms with Crippen LogP contribution in [0.15, 0.2) is 24.4 Å². The van der Waals surface area contributed by atoms with Gasteiger partial charge < -0.3 is 15.7 Å².